The molecule has 0 aliphatic heterocycles. The van der Waals surface area contributed by atoms with Crippen LogP contribution in [0.2, 0.25) is 5.02 Å². The molecule has 1 amide bonds. The van der Waals surface area contributed by atoms with Gasteiger partial charge in [0.25, 0.3) is 5.91 Å². The van der Waals surface area contributed by atoms with Crippen molar-refractivity contribution in [1.82, 2.24) is 5.32 Å². The Morgan fingerprint density at radius 1 is 1.38 bits per heavy atom. The van der Waals surface area contributed by atoms with Gasteiger partial charge in [0.1, 0.15) is 5.75 Å². The Morgan fingerprint density at radius 3 is 2.81 bits per heavy atom. The van der Waals surface area contributed by atoms with E-state index in [0.29, 0.717) is 22.3 Å². The number of benzene rings is 1. The average molecular weight is 307 g/mol. The van der Waals surface area contributed by atoms with Gasteiger partial charge in [0.2, 0.25) is 0 Å². The van der Waals surface area contributed by atoms with E-state index < -0.39 is 0 Å². The van der Waals surface area contributed by atoms with E-state index in [4.69, 9.17) is 21.6 Å². The summed E-state index contributed by atoms with van der Waals surface area (Å²) in [6.45, 7) is 0.668. The molecule has 1 fully saturated rings. The van der Waals surface area contributed by atoms with Gasteiger partial charge in [0, 0.05) is 6.54 Å². The van der Waals surface area contributed by atoms with Gasteiger partial charge >= 0.3 is 0 Å². The predicted molar refractivity (Wildman–Crippen MR) is 81.2 cm³/mol. The quantitative estimate of drug-likeness (QED) is 0.908. The fourth-order valence-corrected chi connectivity index (χ4v) is 2.77. The lowest BCUT2D eigenvalue weighted by Crippen LogP contribution is -2.33. The van der Waals surface area contributed by atoms with Crippen LogP contribution in [-0.2, 0) is 4.79 Å². The summed E-state index contributed by atoms with van der Waals surface area (Å²) in [7, 11) is 0. The fourth-order valence-electron chi connectivity index (χ4n) is 2.53. The molecule has 21 heavy (non-hydrogen) atoms. The molecule has 5 heteroatoms. The second-order valence-electron chi connectivity index (χ2n) is 5.35. The van der Waals surface area contributed by atoms with Crippen molar-refractivity contribution in [2.75, 3.05) is 13.2 Å². The van der Waals surface area contributed by atoms with E-state index in [0.717, 1.165) is 6.54 Å². The highest BCUT2D eigenvalue weighted by molar-refractivity contribution is 6.32. The molecule has 0 unspecified atom stereocenters. The summed E-state index contributed by atoms with van der Waals surface area (Å²) in [5, 5.41) is 12.0. The highest BCUT2D eigenvalue weighted by Crippen LogP contribution is 2.25. The molecule has 0 atom stereocenters. The van der Waals surface area contributed by atoms with E-state index in [1.165, 1.54) is 38.2 Å². The van der Waals surface area contributed by atoms with Crippen molar-refractivity contribution >= 4 is 17.5 Å². The van der Waals surface area contributed by atoms with Crippen molar-refractivity contribution in [3.8, 4) is 11.8 Å². The summed E-state index contributed by atoms with van der Waals surface area (Å²) in [5.74, 6) is 0.880. The van der Waals surface area contributed by atoms with E-state index in [1.807, 2.05) is 6.07 Å². The number of nitrogens with zero attached hydrogens (tertiary/aromatic N) is 1. The Labute approximate surface area is 130 Å². The standard InChI is InChI=1S/C16H19ClN2O2/c17-14-8-13(9-18)6-7-15(14)21-11-16(20)19-10-12-4-2-1-3-5-12/h6-8,12H,1-5,10-11H2,(H,19,20). The molecule has 112 valence electrons. The van der Waals surface area contributed by atoms with Crippen LogP contribution >= 0.6 is 11.6 Å². The third-order valence-electron chi connectivity index (χ3n) is 3.73. The maximum Gasteiger partial charge on any atom is 0.257 e. The zero-order valence-electron chi connectivity index (χ0n) is 11.9. The second-order valence-corrected chi connectivity index (χ2v) is 5.76. The van der Waals surface area contributed by atoms with Crippen molar-refractivity contribution in [3.63, 3.8) is 0 Å². The molecule has 1 aliphatic rings. The molecule has 0 aromatic heterocycles. The van der Waals surface area contributed by atoms with Crippen molar-refractivity contribution in [3.05, 3.63) is 28.8 Å². The largest absolute Gasteiger partial charge is 0.482 e. The molecule has 1 aromatic carbocycles. The summed E-state index contributed by atoms with van der Waals surface area (Å²) >= 11 is 5.98. The lowest BCUT2D eigenvalue weighted by atomic mass is 9.89. The molecular weight excluding hydrogens is 288 g/mol. The Morgan fingerprint density at radius 2 is 2.14 bits per heavy atom. The van der Waals surface area contributed by atoms with Crippen LogP contribution in [0.5, 0.6) is 5.75 Å². The van der Waals surface area contributed by atoms with Crippen molar-refractivity contribution in [2.24, 2.45) is 5.92 Å². The average Bonchev–Trinajstić information content (AvgIpc) is 2.52. The van der Waals surface area contributed by atoms with Gasteiger partial charge in [-0.1, -0.05) is 30.9 Å². The molecule has 0 bridgehead atoms. The molecule has 1 aliphatic carbocycles. The van der Waals surface area contributed by atoms with Crippen LogP contribution in [0, 0.1) is 17.2 Å². The lowest BCUT2D eigenvalue weighted by Gasteiger charge is -2.21. The summed E-state index contributed by atoms with van der Waals surface area (Å²) in [6.07, 6.45) is 6.23. The fraction of sp³-hybridized carbons (Fsp3) is 0.500. The number of hydrogen-bond acceptors (Lipinski definition) is 3. The second kappa shape index (κ2) is 7.90. The van der Waals surface area contributed by atoms with Crippen LogP contribution in [0.15, 0.2) is 18.2 Å². The van der Waals surface area contributed by atoms with E-state index in [9.17, 15) is 4.79 Å². The molecule has 1 saturated carbocycles. The first-order valence-electron chi connectivity index (χ1n) is 7.28. The van der Waals surface area contributed by atoms with E-state index in [-0.39, 0.29) is 12.5 Å². The number of rotatable bonds is 5. The highest BCUT2D eigenvalue weighted by Gasteiger charge is 2.14. The Hall–Kier alpha value is -1.73. The topological polar surface area (TPSA) is 62.1 Å². The number of halogens is 1. The summed E-state index contributed by atoms with van der Waals surface area (Å²) in [6, 6.07) is 6.74. The first kappa shape index (κ1) is 15.7. The number of hydrogen-bond donors (Lipinski definition) is 1. The van der Waals surface area contributed by atoms with Crippen molar-refractivity contribution in [2.45, 2.75) is 32.1 Å². The summed E-state index contributed by atoms with van der Waals surface area (Å²) in [4.78, 5) is 11.8. The number of nitrogens with one attached hydrogen (secondary N) is 1. The maximum absolute atomic E-state index is 11.8. The third kappa shape index (κ3) is 4.95. The minimum Gasteiger partial charge on any atom is -0.482 e. The van der Waals surface area contributed by atoms with Crippen LogP contribution in [0.25, 0.3) is 0 Å². The summed E-state index contributed by atoms with van der Waals surface area (Å²) < 4.78 is 5.38. The lowest BCUT2D eigenvalue weighted by molar-refractivity contribution is -0.123. The van der Waals surface area contributed by atoms with Gasteiger partial charge in [-0.25, -0.2) is 0 Å². The van der Waals surface area contributed by atoms with Crippen LogP contribution in [0.1, 0.15) is 37.7 Å². The van der Waals surface area contributed by atoms with Gasteiger partial charge in [0.15, 0.2) is 6.61 Å². The first-order chi connectivity index (χ1) is 10.2. The normalized spacial score (nSPS) is 15.2. The highest BCUT2D eigenvalue weighted by atomic mass is 35.5. The van der Waals surface area contributed by atoms with Gasteiger partial charge in [-0.2, -0.15) is 5.26 Å². The zero-order valence-corrected chi connectivity index (χ0v) is 12.7. The Bertz CT molecular complexity index is 534. The van der Waals surface area contributed by atoms with Gasteiger partial charge < -0.3 is 10.1 Å². The molecule has 0 spiro atoms. The van der Waals surface area contributed by atoms with Crippen molar-refractivity contribution in [1.29, 1.82) is 5.26 Å². The van der Waals surface area contributed by atoms with Crippen LogP contribution in [0.3, 0.4) is 0 Å². The molecule has 0 saturated heterocycles. The number of carbonyl (C=O) groups excluding carboxylic acids is 1. The minimum absolute atomic E-state index is 0.0572. The number of carbonyl (C=O) groups is 1. The molecular formula is C16H19ClN2O2. The van der Waals surface area contributed by atoms with E-state index >= 15 is 0 Å². The first-order valence-corrected chi connectivity index (χ1v) is 7.66. The molecule has 0 heterocycles. The molecule has 4 nitrogen and oxygen atoms in total. The third-order valence-corrected chi connectivity index (χ3v) is 4.03. The van der Waals surface area contributed by atoms with Crippen LogP contribution in [-0.4, -0.2) is 19.1 Å². The molecule has 2 rings (SSSR count). The molecule has 1 N–H and O–H groups in total. The van der Waals surface area contributed by atoms with Gasteiger partial charge in [-0.3, -0.25) is 4.79 Å². The molecule has 1 aromatic rings. The monoisotopic (exact) mass is 306 g/mol. The number of ether oxygens (including phenoxy) is 1. The predicted octanol–water partition coefficient (Wildman–Crippen LogP) is 3.29. The number of amides is 1. The maximum atomic E-state index is 11.8. The van der Waals surface area contributed by atoms with Gasteiger partial charge in [-0.05, 0) is 37.0 Å². The van der Waals surface area contributed by atoms with Gasteiger partial charge in [-0.15, -0.1) is 0 Å². The van der Waals surface area contributed by atoms with Crippen LogP contribution in [0.4, 0.5) is 0 Å². The van der Waals surface area contributed by atoms with E-state index in [1.54, 1.807) is 12.1 Å². The molecule has 0 radical (unpaired) electrons. The number of nitriles is 1. The zero-order chi connectivity index (χ0) is 15.1. The Balaban J connectivity index is 1.74. The van der Waals surface area contributed by atoms with Gasteiger partial charge in [0.05, 0.1) is 16.7 Å². The SMILES string of the molecule is N#Cc1ccc(OCC(=O)NCC2CCCCC2)c(Cl)c1. The minimum atomic E-state index is -0.138. The summed E-state index contributed by atoms with van der Waals surface area (Å²) in [5.41, 5.74) is 0.467. The Kier molecular flexibility index (Phi) is 5.89. The van der Waals surface area contributed by atoms with Crippen molar-refractivity contribution < 1.29 is 9.53 Å². The smallest absolute Gasteiger partial charge is 0.257 e. The van der Waals surface area contributed by atoms with E-state index in [2.05, 4.69) is 5.32 Å². The van der Waals surface area contributed by atoms with Crippen LogP contribution < -0.4 is 10.1 Å².